The van der Waals surface area contributed by atoms with Gasteiger partial charge in [0, 0.05) is 7.11 Å². The molecule has 0 amide bonds. The van der Waals surface area contributed by atoms with Gasteiger partial charge in [-0.05, 0) is 13.8 Å². The summed E-state index contributed by atoms with van der Waals surface area (Å²) in [4.78, 5) is 0. The standard InChI is InChI=1S/C37H64O29/c1-8-14(40)20(46)26(52)34(58-8)65-30-23(49)17(43)11(5-39)61-36(30)57-7-13-19(45)29(28(54)32(55-3)62-13)64-37-31(66-35-27(53)21(47)15(41)9(2)59-35)24(50)18(44)12(63-37)6-56-33-25(51)22(48)16(42)10(4-38)60-33/h8-54H,4-7H2,1-3H3/t8-,9-,10+,11+,12+,13+,14+,15+,16-,17-,18-,19-,20+,21+,22-,23-,24-,25+,26-,27-,28+,29-,30+,31+,32+,33+,34-,35-,36+,37-/m0/s1. The van der Waals surface area contributed by atoms with E-state index in [4.69, 9.17) is 56.8 Å². The summed E-state index contributed by atoms with van der Waals surface area (Å²) >= 11 is 0. The highest BCUT2D eigenvalue weighted by molar-refractivity contribution is 4.98. The fourth-order valence-corrected chi connectivity index (χ4v) is 8.33. The summed E-state index contributed by atoms with van der Waals surface area (Å²) in [5.74, 6) is 0. The fraction of sp³-hybridized carbons (Fsp3) is 1.00. The lowest BCUT2D eigenvalue weighted by Gasteiger charge is -2.49. The van der Waals surface area contributed by atoms with Gasteiger partial charge in [0.2, 0.25) is 0 Å². The Kier molecular flexibility index (Phi) is 18.8. The van der Waals surface area contributed by atoms with Gasteiger partial charge in [-0.25, -0.2) is 0 Å². The quantitative estimate of drug-likeness (QED) is 0.0724. The molecule has 0 aromatic rings. The van der Waals surface area contributed by atoms with Crippen molar-refractivity contribution in [2.24, 2.45) is 0 Å². The number of hydrogen-bond donors (Lipinski definition) is 17. The Hall–Kier alpha value is -1.16. The van der Waals surface area contributed by atoms with Crippen LogP contribution in [0.1, 0.15) is 13.8 Å². The first-order valence-electron chi connectivity index (χ1n) is 21.2. The first-order chi connectivity index (χ1) is 31.1. The number of aliphatic hydroxyl groups is 17. The molecule has 17 N–H and O–H groups in total. The van der Waals surface area contributed by atoms with E-state index in [1.54, 1.807) is 0 Å². The van der Waals surface area contributed by atoms with Crippen molar-refractivity contribution < 1.29 is 144 Å². The van der Waals surface area contributed by atoms with Crippen LogP contribution in [-0.4, -0.2) is 305 Å². The molecule has 29 nitrogen and oxygen atoms in total. The minimum Gasteiger partial charge on any atom is -0.394 e. The van der Waals surface area contributed by atoms with Gasteiger partial charge in [-0.1, -0.05) is 0 Å². The van der Waals surface area contributed by atoms with Gasteiger partial charge in [-0.15, -0.1) is 0 Å². The van der Waals surface area contributed by atoms with E-state index in [0.717, 1.165) is 7.11 Å². The van der Waals surface area contributed by atoms with Crippen molar-refractivity contribution in [2.45, 2.75) is 198 Å². The molecular weight excluding hydrogens is 908 g/mol. The van der Waals surface area contributed by atoms with Gasteiger partial charge in [0.15, 0.2) is 37.7 Å². The molecule has 29 heteroatoms. The van der Waals surface area contributed by atoms with Crippen LogP contribution in [0, 0.1) is 0 Å². The van der Waals surface area contributed by atoms with Crippen LogP contribution >= 0.6 is 0 Å². The number of hydrogen-bond acceptors (Lipinski definition) is 29. The number of ether oxygens (including phenoxy) is 12. The lowest BCUT2D eigenvalue weighted by molar-refractivity contribution is -0.393. The van der Waals surface area contributed by atoms with Crippen molar-refractivity contribution in [3.05, 3.63) is 0 Å². The zero-order valence-electron chi connectivity index (χ0n) is 35.7. The van der Waals surface area contributed by atoms with Gasteiger partial charge in [-0.2, -0.15) is 0 Å². The SMILES string of the molecule is CO[C@@H]1O[C@H](CO[C@@H]2O[C@H](CO)[C@H](O)[C@H](O)[C@H]2O[C@@H]2O[C@@H](C)[C@@H](O)[C@@H](O)[C@@H]2O)[C@H](O)[C@H](O[C@@H]2O[C@H](CO[C@@H]3O[C@H](CO)[C@H](O)[C@H](O)[C@H]3O)[C@H](O)[C@H](O)[C@H]2O[C@@H]2O[C@@H](C)[C@@H](O)[C@@H](O)[C@@H]2O)[C@H]1O. The third-order valence-electron chi connectivity index (χ3n) is 12.5. The van der Waals surface area contributed by atoms with E-state index in [1.165, 1.54) is 13.8 Å². The summed E-state index contributed by atoms with van der Waals surface area (Å²) in [5.41, 5.74) is 0. The zero-order valence-corrected chi connectivity index (χ0v) is 35.7. The minimum absolute atomic E-state index is 0.770. The van der Waals surface area contributed by atoms with E-state index in [9.17, 15) is 86.8 Å². The molecule has 66 heavy (non-hydrogen) atoms. The molecule has 6 rings (SSSR count). The molecule has 6 aliphatic rings. The van der Waals surface area contributed by atoms with Crippen molar-refractivity contribution in [3.63, 3.8) is 0 Å². The summed E-state index contributed by atoms with van der Waals surface area (Å²) in [7, 11) is 1.10. The molecule has 6 heterocycles. The maximum Gasteiger partial charge on any atom is 0.187 e. The molecule has 0 aromatic carbocycles. The predicted molar refractivity (Wildman–Crippen MR) is 201 cm³/mol. The second kappa shape index (κ2) is 22.9. The Morgan fingerprint density at radius 2 is 0.682 bits per heavy atom. The molecule has 0 spiro atoms. The van der Waals surface area contributed by atoms with Gasteiger partial charge in [-0.3, -0.25) is 0 Å². The number of methoxy groups -OCH3 is 1. The Bertz CT molecular complexity index is 1490. The minimum atomic E-state index is -2.10. The van der Waals surface area contributed by atoms with E-state index < -0.39 is 211 Å². The molecule has 0 bridgehead atoms. The first-order valence-corrected chi connectivity index (χ1v) is 21.2. The topological polar surface area (TPSA) is 455 Å². The molecule has 6 fully saturated rings. The summed E-state index contributed by atoms with van der Waals surface area (Å²) in [6, 6.07) is 0. The predicted octanol–water partition coefficient (Wildman–Crippen LogP) is -11.4. The zero-order chi connectivity index (χ0) is 48.6. The molecule has 386 valence electrons. The average Bonchev–Trinajstić information content (AvgIpc) is 3.30. The largest absolute Gasteiger partial charge is 0.394 e. The van der Waals surface area contributed by atoms with E-state index in [-0.39, 0.29) is 0 Å². The van der Waals surface area contributed by atoms with Crippen LogP contribution in [0.15, 0.2) is 0 Å². The summed E-state index contributed by atoms with van der Waals surface area (Å²) < 4.78 is 67.8. The molecular formula is C37H64O29. The van der Waals surface area contributed by atoms with Gasteiger partial charge in [0.1, 0.15) is 134 Å². The van der Waals surface area contributed by atoms with E-state index in [1.807, 2.05) is 0 Å². The molecule has 30 atom stereocenters. The fourth-order valence-electron chi connectivity index (χ4n) is 8.33. The second-order valence-electron chi connectivity index (χ2n) is 17.0. The van der Waals surface area contributed by atoms with E-state index >= 15 is 0 Å². The normalized spacial score (nSPS) is 54.0. The van der Waals surface area contributed by atoms with Crippen molar-refractivity contribution in [3.8, 4) is 0 Å². The summed E-state index contributed by atoms with van der Waals surface area (Å²) in [5, 5.41) is 180. The first kappa shape index (κ1) is 54.2. The molecule has 0 saturated carbocycles. The van der Waals surface area contributed by atoms with Gasteiger partial charge < -0.3 is 144 Å². The van der Waals surface area contributed by atoms with E-state index in [0.29, 0.717) is 0 Å². The number of rotatable bonds is 15. The smallest absolute Gasteiger partial charge is 0.187 e. The average molecular weight is 973 g/mol. The monoisotopic (exact) mass is 972 g/mol. The Morgan fingerprint density at radius 3 is 1.18 bits per heavy atom. The maximum absolute atomic E-state index is 11.7. The van der Waals surface area contributed by atoms with E-state index in [2.05, 4.69) is 0 Å². The molecule has 0 aliphatic carbocycles. The lowest BCUT2D eigenvalue weighted by Crippen LogP contribution is -2.67. The van der Waals surface area contributed by atoms with Crippen LogP contribution in [0.3, 0.4) is 0 Å². The Labute approximate surface area is 375 Å². The van der Waals surface area contributed by atoms with Gasteiger partial charge in [0.25, 0.3) is 0 Å². The number of aliphatic hydroxyl groups excluding tert-OH is 17. The van der Waals surface area contributed by atoms with Crippen LogP contribution in [0.2, 0.25) is 0 Å². The van der Waals surface area contributed by atoms with Crippen molar-refractivity contribution >= 4 is 0 Å². The highest BCUT2D eigenvalue weighted by Gasteiger charge is 2.56. The van der Waals surface area contributed by atoms with Crippen LogP contribution in [0.4, 0.5) is 0 Å². The van der Waals surface area contributed by atoms with Crippen molar-refractivity contribution in [1.29, 1.82) is 0 Å². The Morgan fingerprint density at radius 1 is 0.318 bits per heavy atom. The molecule has 6 aliphatic heterocycles. The van der Waals surface area contributed by atoms with Crippen LogP contribution in [0.5, 0.6) is 0 Å². The van der Waals surface area contributed by atoms with Crippen molar-refractivity contribution in [2.75, 3.05) is 33.5 Å². The molecule has 6 saturated heterocycles. The third kappa shape index (κ3) is 11.1. The summed E-state index contributed by atoms with van der Waals surface area (Å²) in [6.07, 6.45) is -52.7. The van der Waals surface area contributed by atoms with Crippen LogP contribution < -0.4 is 0 Å². The van der Waals surface area contributed by atoms with Gasteiger partial charge >= 0.3 is 0 Å². The van der Waals surface area contributed by atoms with Gasteiger partial charge in [0.05, 0.1) is 38.6 Å². The third-order valence-corrected chi connectivity index (χ3v) is 12.5. The summed E-state index contributed by atoms with van der Waals surface area (Å²) in [6.45, 7) is -0.553. The highest BCUT2D eigenvalue weighted by atomic mass is 16.8. The van der Waals surface area contributed by atoms with Crippen LogP contribution in [-0.2, 0) is 56.8 Å². The molecule has 0 unspecified atom stereocenters. The highest BCUT2D eigenvalue weighted by Crippen LogP contribution is 2.35. The Balaban J connectivity index is 1.22. The maximum atomic E-state index is 11.7. The second-order valence-corrected chi connectivity index (χ2v) is 17.0. The van der Waals surface area contributed by atoms with Crippen LogP contribution in [0.25, 0.3) is 0 Å². The van der Waals surface area contributed by atoms with Crippen molar-refractivity contribution in [1.82, 2.24) is 0 Å². The molecule has 0 aromatic heterocycles. The molecule has 0 radical (unpaired) electrons. The lowest BCUT2D eigenvalue weighted by atomic mass is 9.96.